The molecule has 0 atom stereocenters. The number of fused-ring (bicyclic) bond motifs is 8. The number of rotatable bonds is 0. The molecule has 0 N–H and O–H groups in total. The van der Waals surface area contributed by atoms with Gasteiger partial charge in [-0.25, -0.2) is 0 Å². The van der Waals surface area contributed by atoms with Crippen LogP contribution in [0.25, 0.3) is 45.3 Å². The van der Waals surface area contributed by atoms with Gasteiger partial charge >= 0.3 is 0 Å². The van der Waals surface area contributed by atoms with E-state index in [-0.39, 0.29) is 0 Å². The van der Waals surface area contributed by atoms with Crippen LogP contribution in [-0.2, 0) is 0 Å². The minimum atomic E-state index is 1.11. The monoisotopic (exact) mass is 390 g/mol. The van der Waals surface area contributed by atoms with Gasteiger partial charge in [0.2, 0.25) is 0 Å². The number of benzene rings is 4. The second kappa shape index (κ2) is 6.08. The lowest BCUT2D eigenvalue weighted by Crippen LogP contribution is -2.22. The van der Waals surface area contributed by atoms with Crippen molar-refractivity contribution >= 4 is 34.2 Å². The highest BCUT2D eigenvalue weighted by molar-refractivity contribution is 6.23. The van der Waals surface area contributed by atoms with Crippen LogP contribution in [0.5, 0.6) is 0 Å². The fourth-order valence-corrected chi connectivity index (χ4v) is 5.73. The summed E-state index contributed by atoms with van der Waals surface area (Å²) in [7, 11) is 0. The maximum atomic E-state index is 4.35. The maximum Gasteiger partial charge on any atom is -0.00169 e. The van der Waals surface area contributed by atoms with Crippen LogP contribution < -0.4 is 10.4 Å². The van der Waals surface area contributed by atoms with Gasteiger partial charge in [0.15, 0.2) is 0 Å². The molecule has 0 unspecified atom stereocenters. The Balaban J connectivity index is 2.27. The molecule has 0 amide bonds. The van der Waals surface area contributed by atoms with E-state index in [9.17, 15) is 0 Å². The summed E-state index contributed by atoms with van der Waals surface area (Å²) in [6, 6.07) is 6.57. The summed E-state index contributed by atoms with van der Waals surface area (Å²) in [5.74, 6) is 0. The molecule has 0 fully saturated rings. The molecule has 4 aromatic rings. The van der Waals surface area contributed by atoms with Crippen molar-refractivity contribution in [3.63, 3.8) is 0 Å². The fourth-order valence-electron chi connectivity index (χ4n) is 5.73. The molecule has 0 heterocycles. The molecule has 0 spiro atoms. The Morgan fingerprint density at radius 2 is 1.00 bits per heavy atom. The molecule has 0 nitrogen and oxygen atoms in total. The van der Waals surface area contributed by atoms with Crippen molar-refractivity contribution in [2.24, 2.45) is 0 Å². The zero-order valence-electron chi connectivity index (χ0n) is 19.5. The van der Waals surface area contributed by atoms with E-state index in [1.165, 1.54) is 88.0 Å². The first-order chi connectivity index (χ1) is 14.2. The van der Waals surface area contributed by atoms with Crippen molar-refractivity contribution < 1.29 is 0 Å². The van der Waals surface area contributed by atoms with Gasteiger partial charge in [-0.15, -0.1) is 0 Å². The summed E-state index contributed by atoms with van der Waals surface area (Å²) in [6.45, 7) is 22.7. The predicted molar refractivity (Wildman–Crippen MR) is 133 cm³/mol. The van der Waals surface area contributed by atoms with Gasteiger partial charge in [0, 0.05) is 0 Å². The lowest BCUT2D eigenvalue weighted by atomic mass is 9.79. The van der Waals surface area contributed by atoms with Crippen LogP contribution in [0.15, 0.2) is 18.2 Å². The van der Waals surface area contributed by atoms with Crippen LogP contribution in [0.3, 0.4) is 0 Å². The third-order valence-electron chi connectivity index (χ3n) is 8.17. The quantitative estimate of drug-likeness (QED) is 0.259. The van der Waals surface area contributed by atoms with Gasteiger partial charge < -0.3 is 0 Å². The van der Waals surface area contributed by atoms with E-state index in [1.807, 2.05) is 0 Å². The number of hydrogen-bond donors (Lipinski definition) is 0. The van der Waals surface area contributed by atoms with Gasteiger partial charge in [-0.2, -0.15) is 0 Å². The van der Waals surface area contributed by atoms with Crippen LogP contribution >= 0.6 is 0 Å². The van der Waals surface area contributed by atoms with E-state index in [0.717, 1.165) is 5.22 Å². The Labute approximate surface area is 179 Å². The molecule has 0 saturated carbocycles. The van der Waals surface area contributed by atoms with Crippen molar-refractivity contribution in [1.29, 1.82) is 0 Å². The molecular weight excluding hydrogens is 360 g/mol. The highest BCUT2D eigenvalue weighted by Crippen LogP contribution is 2.47. The van der Waals surface area contributed by atoms with E-state index < -0.39 is 0 Å². The Morgan fingerprint density at radius 1 is 0.533 bits per heavy atom. The van der Waals surface area contributed by atoms with Crippen LogP contribution in [0.4, 0.5) is 0 Å². The van der Waals surface area contributed by atoms with E-state index in [1.54, 1.807) is 0 Å². The fraction of sp³-hybridized carbons (Fsp3) is 0.267. The first-order valence-corrected chi connectivity index (χ1v) is 10.9. The summed E-state index contributed by atoms with van der Waals surface area (Å²) in [6.07, 6.45) is 2.40. The van der Waals surface area contributed by atoms with Gasteiger partial charge in [0.1, 0.15) is 0 Å². The molecule has 0 heteroatoms. The standard InChI is InChI=1S/C30H30/c1-14-11-10-12-23-24(14)13-25-26-19(6)15(2)16(3)20(7)27(26)28-21(8)17(4)18(5)22(9)29(28)30(23)25/h10-13H,1H2,2-9H3. The van der Waals surface area contributed by atoms with E-state index in [2.05, 4.69) is 86.2 Å². The maximum absolute atomic E-state index is 4.35. The molecule has 0 aliphatic heterocycles. The van der Waals surface area contributed by atoms with E-state index in [0.29, 0.717) is 0 Å². The largest absolute Gasteiger partial charge is 0.0911 e. The molecule has 0 bridgehead atoms. The number of hydrogen-bond acceptors (Lipinski definition) is 0. The van der Waals surface area contributed by atoms with Gasteiger partial charge in [-0.1, -0.05) is 24.8 Å². The van der Waals surface area contributed by atoms with Crippen LogP contribution in [0, 0.1) is 55.4 Å². The van der Waals surface area contributed by atoms with Crippen molar-refractivity contribution in [3.8, 4) is 11.1 Å². The molecule has 0 radical (unpaired) electrons. The van der Waals surface area contributed by atoms with Gasteiger partial charge in [-0.05, 0) is 155 Å². The summed E-state index contributed by atoms with van der Waals surface area (Å²) >= 11 is 0. The molecule has 150 valence electrons. The molecule has 30 heavy (non-hydrogen) atoms. The Morgan fingerprint density at radius 3 is 1.57 bits per heavy atom. The summed E-state index contributed by atoms with van der Waals surface area (Å²) in [5, 5.41) is 8.16. The van der Waals surface area contributed by atoms with E-state index >= 15 is 0 Å². The molecule has 4 aromatic carbocycles. The zero-order valence-corrected chi connectivity index (χ0v) is 19.5. The number of aryl methyl sites for hydroxylation is 4. The zero-order chi connectivity index (χ0) is 21.6. The van der Waals surface area contributed by atoms with Gasteiger partial charge in [0.05, 0.1) is 0 Å². The predicted octanol–water partition coefficient (Wildman–Crippen LogP) is 6.68. The minimum absolute atomic E-state index is 1.11. The van der Waals surface area contributed by atoms with Gasteiger partial charge in [-0.3, -0.25) is 0 Å². The average molecular weight is 391 g/mol. The first kappa shape index (κ1) is 19.1. The van der Waals surface area contributed by atoms with Crippen LogP contribution in [0.2, 0.25) is 0 Å². The lowest BCUT2D eigenvalue weighted by molar-refractivity contribution is 1.24. The second-order valence-electron chi connectivity index (χ2n) is 9.31. The van der Waals surface area contributed by atoms with Crippen LogP contribution in [0.1, 0.15) is 50.1 Å². The smallest absolute Gasteiger partial charge is 0.00169 e. The highest BCUT2D eigenvalue weighted by atomic mass is 14.3. The molecule has 1 aliphatic rings. The molecule has 0 aromatic heterocycles. The minimum Gasteiger partial charge on any atom is -0.0911 e. The molecular formula is C30H30. The third-order valence-corrected chi connectivity index (χ3v) is 8.17. The van der Waals surface area contributed by atoms with Gasteiger partial charge in [0.25, 0.3) is 0 Å². The van der Waals surface area contributed by atoms with Crippen LogP contribution in [-0.4, -0.2) is 0 Å². The van der Waals surface area contributed by atoms with Crippen molar-refractivity contribution in [2.75, 3.05) is 0 Å². The Hall–Kier alpha value is -2.86. The van der Waals surface area contributed by atoms with Crippen molar-refractivity contribution in [2.45, 2.75) is 55.4 Å². The Kier molecular flexibility index (Phi) is 3.87. The van der Waals surface area contributed by atoms with Crippen molar-refractivity contribution in [3.05, 3.63) is 78.7 Å². The average Bonchev–Trinajstić information content (AvgIpc) is 3.12. The summed E-state index contributed by atoms with van der Waals surface area (Å²) in [4.78, 5) is 0. The topological polar surface area (TPSA) is 0 Å². The normalized spacial score (nSPS) is 12.4. The second-order valence-corrected chi connectivity index (χ2v) is 9.31. The summed E-state index contributed by atoms with van der Waals surface area (Å²) in [5.41, 5.74) is 15.5. The third kappa shape index (κ3) is 2.12. The highest BCUT2D eigenvalue weighted by Gasteiger charge is 2.26. The molecule has 1 aliphatic carbocycles. The van der Waals surface area contributed by atoms with E-state index in [4.69, 9.17) is 0 Å². The lowest BCUT2D eigenvalue weighted by Gasteiger charge is -2.24. The summed E-state index contributed by atoms with van der Waals surface area (Å²) < 4.78 is 0. The van der Waals surface area contributed by atoms with Crippen molar-refractivity contribution in [1.82, 2.24) is 0 Å². The molecule has 0 saturated heterocycles. The Bertz CT molecular complexity index is 1560. The first-order valence-electron chi connectivity index (χ1n) is 10.9. The molecule has 5 rings (SSSR count). The SMILES string of the molecule is C=c1cccc2c1=Cc1c-2c2c(C)c(C)c(C)c(C)c2c2c(C)c(C)c(C)c(C)c12.